The normalized spacial score (nSPS) is 25.4. The molecule has 0 aliphatic carbocycles. The minimum absolute atomic E-state index is 0.345. The molecule has 0 amide bonds. The molecular weight excluding hydrogens is 200 g/mol. The first-order valence-corrected chi connectivity index (χ1v) is 5.80. The molecule has 1 aliphatic rings. The Bertz CT molecular complexity index is 517. The molecule has 1 N–H and O–H groups in total. The molecule has 0 aromatic carbocycles. The van der Waals surface area contributed by atoms with E-state index in [0.29, 0.717) is 12.0 Å². The van der Waals surface area contributed by atoms with Crippen LogP contribution in [0.15, 0.2) is 18.3 Å². The third-order valence-corrected chi connectivity index (χ3v) is 3.40. The molecule has 3 heterocycles. The summed E-state index contributed by atoms with van der Waals surface area (Å²) in [5.41, 5.74) is 2.16. The Balaban J connectivity index is 2.10. The summed E-state index contributed by atoms with van der Waals surface area (Å²) in [5.74, 6) is 1.67. The highest BCUT2D eigenvalue weighted by molar-refractivity contribution is 5.41. The van der Waals surface area contributed by atoms with Crippen molar-refractivity contribution in [3.63, 3.8) is 0 Å². The lowest BCUT2D eigenvalue weighted by Gasteiger charge is -2.13. The van der Waals surface area contributed by atoms with Gasteiger partial charge in [0, 0.05) is 6.20 Å². The number of rotatable bonds is 1. The fraction of sp³-hybridized carbons (Fsp3) is 0.500. The van der Waals surface area contributed by atoms with Gasteiger partial charge in [0.1, 0.15) is 0 Å². The fourth-order valence-electron chi connectivity index (χ4n) is 2.40. The zero-order valence-electron chi connectivity index (χ0n) is 9.64. The lowest BCUT2D eigenvalue weighted by atomic mass is 10.0. The van der Waals surface area contributed by atoms with Crippen molar-refractivity contribution in [2.75, 3.05) is 6.54 Å². The van der Waals surface area contributed by atoms with Gasteiger partial charge in [0.05, 0.1) is 6.04 Å². The molecular formula is C12H16N4. The topological polar surface area (TPSA) is 42.2 Å². The third kappa shape index (κ3) is 1.41. The van der Waals surface area contributed by atoms with Crippen LogP contribution in [0.2, 0.25) is 0 Å². The molecule has 0 saturated carbocycles. The molecule has 4 nitrogen and oxygen atoms in total. The van der Waals surface area contributed by atoms with Crippen LogP contribution in [0.5, 0.6) is 0 Å². The van der Waals surface area contributed by atoms with Gasteiger partial charge >= 0.3 is 0 Å². The van der Waals surface area contributed by atoms with Gasteiger partial charge in [-0.2, -0.15) is 0 Å². The van der Waals surface area contributed by atoms with Crippen LogP contribution in [-0.2, 0) is 0 Å². The van der Waals surface area contributed by atoms with Gasteiger partial charge in [0.15, 0.2) is 11.5 Å². The van der Waals surface area contributed by atoms with E-state index in [0.717, 1.165) is 18.0 Å². The van der Waals surface area contributed by atoms with Crippen molar-refractivity contribution in [2.45, 2.75) is 26.3 Å². The van der Waals surface area contributed by atoms with Crippen LogP contribution in [0.4, 0.5) is 0 Å². The van der Waals surface area contributed by atoms with Crippen LogP contribution in [0.1, 0.15) is 30.8 Å². The van der Waals surface area contributed by atoms with Gasteiger partial charge in [-0.3, -0.25) is 4.40 Å². The lowest BCUT2D eigenvalue weighted by Crippen LogP contribution is -2.19. The molecule has 3 rings (SSSR count). The number of hydrogen-bond donors (Lipinski definition) is 1. The van der Waals surface area contributed by atoms with E-state index in [2.05, 4.69) is 52.1 Å². The number of nitrogens with zero attached hydrogens (tertiary/aromatic N) is 3. The van der Waals surface area contributed by atoms with Crippen LogP contribution in [-0.4, -0.2) is 21.1 Å². The Kier molecular flexibility index (Phi) is 2.17. The van der Waals surface area contributed by atoms with E-state index in [1.165, 1.54) is 12.0 Å². The summed E-state index contributed by atoms with van der Waals surface area (Å²) in [5, 5.41) is 12.0. The molecule has 2 unspecified atom stereocenters. The fourth-order valence-corrected chi connectivity index (χ4v) is 2.40. The first-order valence-electron chi connectivity index (χ1n) is 5.80. The smallest absolute Gasteiger partial charge is 0.161 e. The molecule has 1 saturated heterocycles. The molecule has 1 fully saturated rings. The average Bonchev–Trinajstić information content (AvgIpc) is 2.83. The summed E-state index contributed by atoms with van der Waals surface area (Å²) in [4.78, 5) is 0. The third-order valence-electron chi connectivity index (χ3n) is 3.40. The highest BCUT2D eigenvalue weighted by atomic mass is 15.3. The maximum absolute atomic E-state index is 4.32. The van der Waals surface area contributed by atoms with Crippen molar-refractivity contribution in [3.8, 4) is 0 Å². The zero-order valence-corrected chi connectivity index (χ0v) is 9.64. The van der Waals surface area contributed by atoms with Crippen LogP contribution < -0.4 is 5.32 Å². The number of pyridine rings is 1. The van der Waals surface area contributed by atoms with Crippen LogP contribution in [0, 0.1) is 12.8 Å². The molecule has 16 heavy (non-hydrogen) atoms. The van der Waals surface area contributed by atoms with Gasteiger partial charge in [-0.1, -0.05) is 6.92 Å². The molecule has 1 aliphatic heterocycles. The maximum Gasteiger partial charge on any atom is 0.161 e. The summed E-state index contributed by atoms with van der Waals surface area (Å²) < 4.78 is 2.09. The predicted molar refractivity (Wildman–Crippen MR) is 62.2 cm³/mol. The quantitative estimate of drug-likeness (QED) is 0.789. The second-order valence-electron chi connectivity index (χ2n) is 4.69. The minimum atomic E-state index is 0.345. The van der Waals surface area contributed by atoms with Crippen molar-refractivity contribution in [3.05, 3.63) is 29.7 Å². The van der Waals surface area contributed by atoms with E-state index in [9.17, 15) is 0 Å². The second kappa shape index (κ2) is 3.56. The summed E-state index contributed by atoms with van der Waals surface area (Å²) in [6.45, 7) is 5.41. The highest BCUT2D eigenvalue weighted by Gasteiger charge is 2.28. The van der Waals surface area contributed by atoms with Gasteiger partial charge in [0.2, 0.25) is 0 Å². The summed E-state index contributed by atoms with van der Waals surface area (Å²) in [6, 6.07) is 4.51. The van der Waals surface area contributed by atoms with Gasteiger partial charge in [-0.05, 0) is 43.5 Å². The minimum Gasteiger partial charge on any atom is -0.307 e. The van der Waals surface area contributed by atoms with Crippen LogP contribution in [0.3, 0.4) is 0 Å². The lowest BCUT2D eigenvalue weighted by molar-refractivity contribution is 0.475. The maximum atomic E-state index is 4.32. The van der Waals surface area contributed by atoms with Crippen LogP contribution in [0.25, 0.3) is 5.65 Å². The van der Waals surface area contributed by atoms with E-state index >= 15 is 0 Å². The van der Waals surface area contributed by atoms with Crippen molar-refractivity contribution in [1.29, 1.82) is 0 Å². The summed E-state index contributed by atoms with van der Waals surface area (Å²) in [7, 11) is 0. The summed E-state index contributed by atoms with van der Waals surface area (Å²) >= 11 is 0. The molecule has 2 atom stereocenters. The van der Waals surface area contributed by atoms with Gasteiger partial charge in [0.25, 0.3) is 0 Å². The monoisotopic (exact) mass is 216 g/mol. The van der Waals surface area contributed by atoms with Crippen molar-refractivity contribution in [2.24, 2.45) is 5.92 Å². The molecule has 4 heteroatoms. The van der Waals surface area contributed by atoms with E-state index < -0.39 is 0 Å². The average molecular weight is 216 g/mol. The standard InChI is InChI=1S/C12H16N4/c1-8-4-6-16-10(7-8)14-15-12(16)11-9(2)3-5-13-11/h4,6-7,9,11,13H,3,5H2,1-2H3. The van der Waals surface area contributed by atoms with E-state index in [-0.39, 0.29) is 0 Å². The second-order valence-corrected chi connectivity index (χ2v) is 4.69. The molecule has 0 radical (unpaired) electrons. The zero-order chi connectivity index (χ0) is 11.1. The Hall–Kier alpha value is -1.42. The van der Waals surface area contributed by atoms with Gasteiger partial charge in [-0.15, -0.1) is 10.2 Å². The Labute approximate surface area is 94.7 Å². The van der Waals surface area contributed by atoms with Gasteiger partial charge < -0.3 is 5.32 Å². The molecule has 0 bridgehead atoms. The number of aromatic nitrogens is 3. The highest BCUT2D eigenvalue weighted by Crippen LogP contribution is 2.27. The van der Waals surface area contributed by atoms with E-state index in [1.807, 2.05) is 0 Å². The van der Waals surface area contributed by atoms with E-state index in [1.54, 1.807) is 0 Å². The van der Waals surface area contributed by atoms with Crippen molar-refractivity contribution in [1.82, 2.24) is 19.9 Å². The molecule has 84 valence electrons. The summed E-state index contributed by atoms with van der Waals surface area (Å²) in [6.07, 6.45) is 3.28. The van der Waals surface area contributed by atoms with Crippen molar-refractivity contribution >= 4 is 5.65 Å². The number of hydrogen-bond acceptors (Lipinski definition) is 3. The first kappa shape index (κ1) is 9.78. The molecule has 2 aromatic heterocycles. The SMILES string of the molecule is Cc1ccn2c(C3NCCC3C)nnc2c1. The number of nitrogens with one attached hydrogen (secondary N) is 1. The Morgan fingerprint density at radius 3 is 3.06 bits per heavy atom. The van der Waals surface area contributed by atoms with Gasteiger partial charge in [-0.25, -0.2) is 0 Å². The molecule has 0 spiro atoms. The van der Waals surface area contributed by atoms with Crippen LogP contribution >= 0.6 is 0 Å². The Morgan fingerprint density at radius 1 is 1.44 bits per heavy atom. The molecule has 2 aromatic rings. The predicted octanol–water partition coefficient (Wildman–Crippen LogP) is 1.71. The first-order chi connectivity index (χ1) is 7.75. The number of aryl methyl sites for hydroxylation is 1. The number of fused-ring (bicyclic) bond motifs is 1. The largest absolute Gasteiger partial charge is 0.307 e. The van der Waals surface area contributed by atoms with E-state index in [4.69, 9.17) is 0 Å². The Morgan fingerprint density at radius 2 is 2.31 bits per heavy atom. The van der Waals surface area contributed by atoms with Crippen molar-refractivity contribution < 1.29 is 0 Å².